The van der Waals surface area contributed by atoms with E-state index in [0.717, 1.165) is 19.3 Å². The molecule has 108 valence electrons. The fourth-order valence-electron chi connectivity index (χ4n) is 2.57. The first-order chi connectivity index (χ1) is 9.63. The van der Waals surface area contributed by atoms with E-state index in [9.17, 15) is 14.7 Å². The summed E-state index contributed by atoms with van der Waals surface area (Å²) in [6, 6.07) is 6.33. The zero-order chi connectivity index (χ0) is 14.5. The molecule has 5 heteroatoms. The summed E-state index contributed by atoms with van der Waals surface area (Å²) in [7, 11) is 1.35. The normalized spacial score (nSPS) is 18.6. The molecule has 1 aromatic rings. The lowest BCUT2D eigenvalue weighted by molar-refractivity contribution is -0.142. The van der Waals surface area contributed by atoms with Crippen LogP contribution in [0, 0.1) is 0 Å². The highest BCUT2D eigenvalue weighted by molar-refractivity contribution is 5.97. The molecule has 1 aliphatic rings. The van der Waals surface area contributed by atoms with Gasteiger partial charge in [0.25, 0.3) is 5.91 Å². The van der Waals surface area contributed by atoms with E-state index in [1.807, 2.05) is 0 Å². The number of piperidine rings is 1. The summed E-state index contributed by atoms with van der Waals surface area (Å²) in [5.41, 5.74) is 0.282. The van der Waals surface area contributed by atoms with E-state index in [1.54, 1.807) is 23.1 Å². The van der Waals surface area contributed by atoms with E-state index in [4.69, 9.17) is 0 Å². The van der Waals surface area contributed by atoms with Crippen LogP contribution in [-0.2, 0) is 9.53 Å². The predicted molar refractivity (Wildman–Crippen MR) is 73.4 cm³/mol. The van der Waals surface area contributed by atoms with Gasteiger partial charge in [-0.25, -0.2) is 0 Å². The molecule has 1 heterocycles. The van der Waals surface area contributed by atoms with Crippen molar-refractivity contribution in [2.24, 2.45) is 0 Å². The molecule has 1 N–H and O–H groups in total. The van der Waals surface area contributed by atoms with Gasteiger partial charge in [0.05, 0.1) is 19.1 Å². The number of esters is 1. The van der Waals surface area contributed by atoms with Gasteiger partial charge in [0.2, 0.25) is 0 Å². The van der Waals surface area contributed by atoms with E-state index in [1.165, 1.54) is 13.2 Å². The fraction of sp³-hybridized carbons (Fsp3) is 0.467. The number of hydrogen-bond acceptors (Lipinski definition) is 4. The van der Waals surface area contributed by atoms with Gasteiger partial charge in [-0.2, -0.15) is 0 Å². The second-order valence-electron chi connectivity index (χ2n) is 4.95. The topological polar surface area (TPSA) is 66.8 Å². The second kappa shape index (κ2) is 6.41. The number of carbonyl (C=O) groups excluding carboxylic acids is 2. The van der Waals surface area contributed by atoms with E-state index >= 15 is 0 Å². The Kier molecular flexibility index (Phi) is 4.61. The van der Waals surface area contributed by atoms with Gasteiger partial charge in [0.15, 0.2) is 0 Å². The molecular weight excluding hydrogens is 258 g/mol. The number of hydrogen-bond donors (Lipinski definition) is 1. The monoisotopic (exact) mass is 277 g/mol. The Morgan fingerprint density at radius 2 is 2.10 bits per heavy atom. The number of phenols is 1. The number of amides is 1. The van der Waals surface area contributed by atoms with Crippen LogP contribution < -0.4 is 0 Å². The van der Waals surface area contributed by atoms with Crippen LogP contribution in [0.25, 0.3) is 0 Å². The van der Waals surface area contributed by atoms with Gasteiger partial charge < -0.3 is 14.7 Å². The lowest BCUT2D eigenvalue weighted by Crippen LogP contribution is -2.44. The quantitative estimate of drug-likeness (QED) is 0.857. The number of benzene rings is 1. The van der Waals surface area contributed by atoms with Crippen LogP contribution in [0.3, 0.4) is 0 Å². The number of likely N-dealkylation sites (tertiary alicyclic amines) is 1. The van der Waals surface area contributed by atoms with Crippen LogP contribution >= 0.6 is 0 Å². The van der Waals surface area contributed by atoms with Crippen molar-refractivity contribution >= 4 is 11.9 Å². The van der Waals surface area contributed by atoms with Crippen molar-refractivity contribution in [2.75, 3.05) is 13.7 Å². The molecule has 0 spiro atoms. The standard InChI is InChI=1S/C15H19NO4/c1-20-14(18)10-11-6-4-5-9-16(11)15(19)12-7-2-3-8-13(12)17/h2-3,7-8,11,17H,4-6,9-10H2,1H3. The molecule has 1 aliphatic heterocycles. The molecule has 20 heavy (non-hydrogen) atoms. The molecule has 1 amide bonds. The summed E-state index contributed by atoms with van der Waals surface area (Å²) in [5, 5.41) is 9.79. The van der Waals surface area contributed by atoms with Gasteiger partial charge in [0.1, 0.15) is 5.75 Å². The number of ether oxygens (including phenoxy) is 1. The summed E-state index contributed by atoms with van der Waals surface area (Å²) >= 11 is 0. The molecule has 0 aromatic heterocycles. The molecule has 0 aliphatic carbocycles. The molecule has 0 radical (unpaired) electrons. The number of rotatable bonds is 3. The van der Waals surface area contributed by atoms with E-state index < -0.39 is 0 Å². The average molecular weight is 277 g/mol. The Balaban J connectivity index is 2.17. The largest absolute Gasteiger partial charge is 0.507 e. The van der Waals surface area contributed by atoms with Crippen LogP contribution in [0.1, 0.15) is 36.0 Å². The molecular formula is C15H19NO4. The van der Waals surface area contributed by atoms with Crippen LogP contribution in [0.15, 0.2) is 24.3 Å². The highest BCUT2D eigenvalue weighted by atomic mass is 16.5. The van der Waals surface area contributed by atoms with Gasteiger partial charge in [-0.1, -0.05) is 12.1 Å². The summed E-state index contributed by atoms with van der Waals surface area (Å²) in [6.07, 6.45) is 2.90. The Morgan fingerprint density at radius 1 is 1.35 bits per heavy atom. The first-order valence-electron chi connectivity index (χ1n) is 6.79. The zero-order valence-electron chi connectivity index (χ0n) is 11.5. The minimum atomic E-state index is -0.313. The summed E-state index contributed by atoms with van der Waals surface area (Å²) in [6.45, 7) is 0.606. The predicted octanol–water partition coefficient (Wildman–Crippen LogP) is 1.95. The zero-order valence-corrected chi connectivity index (χ0v) is 11.5. The molecule has 0 saturated carbocycles. The molecule has 1 atom stereocenters. The Hall–Kier alpha value is -2.04. The Morgan fingerprint density at radius 3 is 2.80 bits per heavy atom. The molecule has 1 aromatic carbocycles. The van der Waals surface area contributed by atoms with Crippen molar-refractivity contribution in [1.29, 1.82) is 0 Å². The van der Waals surface area contributed by atoms with Crippen molar-refractivity contribution in [3.63, 3.8) is 0 Å². The summed E-state index contributed by atoms with van der Waals surface area (Å²) in [4.78, 5) is 25.6. The van der Waals surface area contributed by atoms with Gasteiger partial charge in [-0.05, 0) is 31.4 Å². The smallest absolute Gasteiger partial charge is 0.307 e. The maximum atomic E-state index is 12.5. The number of aromatic hydroxyl groups is 1. The third-order valence-corrected chi connectivity index (χ3v) is 3.65. The Labute approximate surface area is 118 Å². The van der Waals surface area contributed by atoms with Crippen molar-refractivity contribution in [2.45, 2.75) is 31.7 Å². The molecule has 2 rings (SSSR count). The third kappa shape index (κ3) is 3.10. The SMILES string of the molecule is COC(=O)CC1CCCCN1C(=O)c1ccccc1O. The number of methoxy groups -OCH3 is 1. The first-order valence-corrected chi connectivity index (χ1v) is 6.79. The minimum absolute atomic E-state index is 0.0279. The number of nitrogens with zero attached hydrogens (tertiary/aromatic N) is 1. The highest BCUT2D eigenvalue weighted by Crippen LogP contribution is 2.25. The Bertz CT molecular complexity index is 500. The number of phenolic OH excluding ortho intramolecular Hbond substituents is 1. The van der Waals surface area contributed by atoms with Crippen molar-refractivity contribution < 1.29 is 19.4 Å². The third-order valence-electron chi connectivity index (χ3n) is 3.65. The number of para-hydroxylation sites is 1. The summed E-state index contributed by atoms with van der Waals surface area (Å²) in [5.74, 6) is -0.566. The fourth-order valence-corrected chi connectivity index (χ4v) is 2.57. The van der Waals surface area contributed by atoms with Crippen LogP contribution in [0.2, 0.25) is 0 Å². The van der Waals surface area contributed by atoms with Gasteiger partial charge in [-0.3, -0.25) is 9.59 Å². The van der Waals surface area contributed by atoms with E-state index in [-0.39, 0.29) is 35.7 Å². The van der Waals surface area contributed by atoms with Crippen molar-refractivity contribution in [1.82, 2.24) is 4.90 Å². The molecule has 5 nitrogen and oxygen atoms in total. The van der Waals surface area contributed by atoms with E-state index in [0.29, 0.717) is 6.54 Å². The van der Waals surface area contributed by atoms with Crippen LogP contribution in [0.5, 0.6) is 5.75 Å². The maximum Gasteiger partial charge on any atom is 0.307 e. The second-order valence-corrected chi connectivity index (χ2v) is 4.95. The lowest BCUT2D eigenvalue weighted by atomic mass is 9.98. The van der Waals surface area contributed by atoms with Crippen LogP contribution in [0.4, 0.5) is 0 Å². The number of carbonyl (C=O) groups is 2. The van der Waals surface area contributed by atoms with Gasteiger partial charge in [-0.15, -0.1) is 0 Å². The summed E-state index contributed by atoms with van der Waals surface area (Å²) < 4.78 is 4.68. The van der Waals surface area contributed by atoms with Crippen LogP contribution in [-0.4, -0.2) is 41.6 Å². The van der Waals surface area contributed by atoms with Gasteiger partial charge >= 0.3 is 5.97 Å². The molecule has 1 unspecified atom stereocenters. The lowest BCUT2D eigenvalue weighted by Gasteiger charge is -2.35. The first kappa shape index (κ1) is 14.4. The van der Waals surface area contributed by atoms with E-state index in [2.05, 4.69) is 4.74 Å². The van der Waals surface area contributed by atoms with Gasteiger partial charge in [0, 0.05) is 12.6 Å². The maximum absolute atomic E-state index is 12.5. The molecule has 1 saturated heterocycles. The van der Waals surface area contributed by atoms with Crippen molar-refractivity contribution in [3.05, 3.63) is 29.8 Å². The molecule has 1 fully saturated rings. The average Bonchev–Trinajstić information content (AvgIpc) is 2.47. The molecule has 0 bridgehead atoms. The van der Waals surface area contributed by atoms with Crippen molar-refractivity contribution in [3.8, 4) is 5.75 Å². The minimum Gasteiger partial charge on any atom is -0.507 e. The highest BCUT2D eigenvalue weighted by Gasteiger charge is 2.30.